The van der Waals surface area contributed by atoms with E-state index in [2.05, 4.69) is 45.2 Å². The minimum absolute atomic E-state index is 0.213. The Morgan fingerprint density at radius 3 is 2.52 bits per heavy atom. The number of amides is 1. The first-order chi connectivity index (χ1) is 14.6. The summed E-state index contributed by atoms with van der Waals surface area (Å²) in [5, 5.41) is 14.1. The van der Waals surface area contributed by atoms with E-state index >= 15 is 0 Å². The lowest BCUT2D eigenvalue weighted by atomic mass is 9.86. The van der Waals surface area contributed by atoms with Crippen molar-refractivity contribution in [2.75, 3.05) is 0 Å². The second-order valence-electron chi connectivity index (χ2n) is 10.4. The van der Waals surface area contributed by atoms with Gasteiger partial charge in [0.2, 0.25) is 0 Å². The third kappa shape index (κ3) is 10.1. The van der Waals surface area contributed by atoms with Crippen LogP contribution in [0, 0.1) is 11.8 Å². The van der Waals surface area contributed by atoms with Gasteiger partial charge >= 0.3 is 6.09 Å². The van der Waals surface area contributed by atoms with Crippen LogP contribution in [0.3, 0.4) is 0 Å². The van der Waals surface area contributed by atoms with Gasteiger partial charge in [0.05, 0.1) is 5.60 Å². The van der Waals surface area contributed by atoms with Crippen LogP contribution in [0.4, 0.5) is 4.79 Å². The molecule has 1 fully saturated rings. The van der Waals surface area contributed by atoms with E-state index in [1.165, 1.54) is 17.6 Å². The van der Waals surface area contributed by atoms with E-state index in [4.69, 9.17) is 4.74 Å². The first kappa shape index (κ1) is 25.7. The van der Waals surface area contributed by atoms with Gasteiger partial charge in [-0.2, -0.15) is 0 Å². The number of hydrogen-bond donors (Lipinski definition) is 2. The Labute approximate surface area is 190 Å². The molecule has 0 bridgehead atoms. The number of alkyl carbamates (subject to hydrolysis) is 1. The summed E-state index contributed by atoms with van der Waals surface area (Å²) in [6.45, 7) is 10.6. The van der Waals surface area contributed by atoms with Crippen LogP contribution in [0.25, 0.3) is 0 Å². The number of rotatable bonds is 3. The smallest absolute Gasteiger partial charge is 0.407 e. The molecular formula is C27H45NO3. The van der Waals surface area contributed by atoms with Crippen molar-refractivity contribution >= 4 is 6.09 Å². The molecule has 0 aromatic carbocycles. The van der Waals surface area contributed by atoms with Crippen LogP contribution < -0.4 is 5.32 Å². The Hall–Kier alpha value is -1.55. The highest BCUT2D eigenvalue weighted by molar-refractivity contribution is 5.68. The van der Waals surface area contributed by atoms with Gasteiger partial charge in [-0.05, 0) is 77.2 Å². The first-order valence-corrected chi connectivity index (χ1v) is 12.4. The molecule has 0 aromatic heterocycles. The van der Waals surface area contributed by atoms with E-state index in [0.29, 0.717) is 18.3 Å². The minimum Gasteiger partial charge on any atom is -0.442 e. The van der Waals surface area contributed by atoms with Crippen molar-refractivity contribution in [3.05, 3.63) is 35.5 Å². The third-order valence-corrected chi connectivity index (χ3v) is 6.73. The van der Waals surface area contributed by atoms with Gasteiger partial charge in [0.15, 0.2) is 0 Å². The van der Waals surface area contributed by atoms with E-state index in [-0.39, 0.29) is 12.1 Å². The number of carbonyl (C=O) groups excluding carboxylic acids is 1. The van der Waals surface area contributed by atoms with E-state index in [1.807, 2.05) is 19.1 Å². The predicted molar refractivity (Wildman–Crippen MR) is 129 cm³/mol. The number of carbonyl (C=O) groups is 1. The standard InChI is InChI=1S/C27H45NO3/c1-20(2)23-15-14-21(3)10-9-11-22(4)18-25(19-27(5,30)17-16-23)31-26(29)28-24-12-7-6-8-13-24/h10,16-18,20,23-25,30H,6-9,11-15,19H2,1-5H3,(H,28,29)/b17-16+,21-10+,22-18+/t23-,25+,27-/m1/s1. The highest BCUT2D eigenvalue weighted by atomic mass is 16.6. The fourth-order valence-electron chi connectivity index (χ4n) is 4.62. The lowest BCUT2D eigenvalue weighted by Crippen LogP contribution is -2.39. The van der Waals surface area contributed by atoms with Gasteiger partial charge in [-0.25, -0.2) is 4.79 Å². The second kappa shape index (κ2) is 12.5. The Kier molecular flexibility index (Phi) is 10.3. The zero-order valence-corrected chi connectivity index (χ0v) is 20.5. The molecule has 0 aromatic rings. The molecule has 1 saturated carbocycles. The van der Waals surface area contributed by atoms with E-state index in [9.17, 15) is 9.90 Å². The van der Waals surface area contributed by atoms with Crippen LogP contribution in [0.1, 0.15) is 98.8 Å². The Morgan fingerprint density at radius 2 is 1.84 bits per heavy atom. The van der Waals surface area contributed by atoms with Gasteiger partial charge < -0.3 is 15.2 Å². The molecule has 2 N–H and O–H groups in total. The van der Waals surface area contributed by atoms with Crippen LogP contribution >= 0.6 is 0 Å². The Morgan fingerprint density at radius 1 is 1.13 bits per heavy atom. The number of ether oxygens (including phenoxy) is 1. The molecule has 2 aliphatic carbocycles. The van der Waals surface area contributed by atoms with Crippen molar-refractivity contribution in [1.82, 2.24) is 5.32 Å². The maximum Gasteiger partial charge on any atom is 0.407 e. The molecule has 0 aliphatic heterocycles. The van der Waals surface area contributed by atoms with Crippen LogP contribution in [0.5, 0.6) is 0 Å². The van der Waals surface area contributed by atoms with E-state index in [1.54, 1.807) is 0 Å². The highest BCUT2D eigenvalue weighted by Gasteiger charge is 2.26. The van der Waals surface area contributed by atoms with Crippen LogP contribution in [-0.2, 0) is 4.74 Å². The highest BCUT2D eigenvalue weighted by Crippen LogP contribution is 2.26. The van der Waals surface area contributed by atoms with Gasteiger partial charge in [0, 0.05) is 12.5 Å². The van der Waals surface area contributed by atoms with Crippen molar-refractivity contribution in [1.29, 1.82) is 0 Å². The summed E-state index contributed by atoms with van der Waals surface area (Å²) in [6.07, 6.45) is 17.7. The average Bonchev–Trinajstić information content (AvgIpc) is 2.67. The molecule has 2 rings (SSSR count). The molecule has 1 amide bonds. The summed E-state index contributed by atoms with van der Waals surface area (Å²) in [6, 6.07) is 0.213. The maximum atomic E-state index is 12.6. The first-order valence-electron chi connectivity index (χ1n) is 12.4. The van der Waals surface area contributed by atoms with E-state index < -0.39 is 11.7 Å². The molecule has 31 heavy (non-hydrogen) atoms. The normalized spacial score (nSPS) is 34.0. The fourth-order valence-corrected chi connectivity index (χ4v) is 4.62. The minimum atomic E-state index is -1.03. The molecule has 176 valence electrons. The SMILES string of the molecule is C/C1=C\[C@H](OC(=O)NC2CCCCC2)C[C@](C)(O)/C=C/[C@H](C(C)C)CC/C(C)=C/CC1. The van der Waals surface area contributed by atoms with Crippen molar-refractivity contribution in [2.24, 2.45) is 11.8 Å². The summed E-state index contributed by atoms with van der Waals surface area (Å²) in [5.41, 5.74) is 1.58. The number of allylic oxidation sites excluding steroid dienone is 4. The molecule has 4 nitrogen and oxygen atoms in total. The van der Waals surface area contributed by atoms with Crippen molar-refractivity contribution < 1.29 is 14.6 Å². The molecule has 3 atom stereocenters. The quantitative estimate of drug-likeness (QED) is 0.480. The predicted octanol–water partition coefficient (Wildman–Crippen LogP) is 6.85. The van der Waals surface area contributed by atoms with Crippen LogP contribution in [0.2, 0.25) is 0 Å². The van der Waals surface area contributed by atoms with Crippen molar-refractivity contribution in [3.63, 3.8) is 0 Å². The average molecular weight is 432 g/mol. The molecule has 0 saturated heterocycles. The van der Waals surface area contributed by atoms with E-state index in [0.717, 1.165) is 51.4 Å². The summed E-state index contributed by atoms with van der Waals surface area (Å²) < 4.78 is 5.82. The third-order valence-electron chi connectivity index (χ3n) is 6.73. The van der Waals surface area contributed by atoms with Crippen LogP contribution in [0.15, 0.2) is 35.5 Å². The zero-order chi connectivity index (χ0) is 22.9. The summed E-state index contributed by atoms with van der Waals surface area (Å²) >= 11 is 0. The summed E-state index contributed by atoms with van der Waals surface area (Å²) in [7, 11) is 0. The molecule has 0 unspecified atom stereocenters. The monoisotopic (exact) mass is 431 g/mol. The molecule has 0 heterocycles. The molecule has 4 heteroatoms. The van der Waals surface area contributed by atoms with Gasteiger partial charge in [-0.1, -0.05) is 62.5 Å². The Balaban J connectivity index is 2.15. The van der Waals surface area contributed by atoms with Gasteiger partial charge in [0.25, 0.3) is 0 Å². The number of nitrogens with one attached hydrogen (secondary N) is 1. The second-order valence-corrected chi connectivity index (χ2v) is 10.4. The molecule has 0 spiro atoms. The summed E-state index contributed by atoms with van der Waals surface area (Å²) in [5.74, 6) is 0.937. The van der Waals surface area contributed by atoms with Crippen molar-refractivity contribution in [3.8, 4) is 0 Å². The number of aliphatic hydroxyl groups is 1. The summed E-state index contributed by atoms with van der Waals surface area (Å²) in [4.78, 5) is 12.6. The zero-order valence-electron chi connectivity index (χ0n) is 20.5. The molecule has 2 aliphatic rings. The largest absolute Gasteiger partial charge is 0.442 e. The maximum absolute atomic E-state index is 12.6. The lowest BCUT2D eigenvalue weighted by Gasteiger charge is -2.28. The topological polar surface area (TPSA) is 58.6 Å². The lowest BCUT2D eigenvalue weighted by molar-refractivity contribution is 0.0414. The molecular weight excluding hydrogens is 386 g/mol. The fraction of sp³-hybridized carbons (Fsp3) is 0.741. The van der Waals surface area contributed by atoms with Crippen LogP contribution in [-0.4, -0.2) is 28.9 Å². The van der Waals surface area contributed by atoms with Gasteiger partial charge in [-0.15, -0.1) is 0 Å². The Bertz CT molecular complexity index is 653. The van der Waals surface area contributed by atoms with Crippen molar-refractivity contribution in [2.45, 2.75) is 117 Å². The van der Waals surface area contributed by atoms with Gasteiger partial charge in [-0.3, -0.25) is 0 Å². The van der Waals surface area contributed by atoms with Gasteiger partial charge in [0.1, 0.15) is 6.10 Å². The molecule has 0 radical (unpaired) electrons. The number of hydrogen-bond acceptors (Lipinski definition) is 3.